The van der Waals surface area contributed by atoms with Crippen molar-refractivity contribution in [3.63, 3.8) is 0 Å². The summed E-state index contributed by atoms with van der Waals surface area (Å²) in [4.78, 5) is 7.23. The maximum Gasteiger partial charge on any atom is 0.222 e. The predicted molar refractivity (Wildman–Crippen MR) is 53.3 cm³/mol. The van der Waals surface area contributed by atoms with Gasteiger partial charge >= 0.3 is 0 Å². The second-order valence-electron chi connectivity index (χ2n) is 2.34. The van der Waals surface area contributed by atoms with Crippen molar-refractivity contribution in [3.8, 4) is 0 Å². The van der Waals surface area contributed by atoms with Gasteiger partial charge in [0.25, 0.3) is 0 Å². The van der Waals surface area contributed by atoms with E-state index in [1.54, 1.807) is 11.8 Å². The van der Waals surface area contributed by atoms with Gasteiger partial charge in [0.2, 0.25) is 5.95 Å². The molecule has 0 spiro atoms. The number of nitrogen functional groups attached to an aromatic ring is 1. The number of hydrogen-bond acceptors (Lipinski definition) is 5. The first kappa shape index (κ1) is 10.0. The molecular formula is C7H11FN4S. The Labute approximate surface area is 80.1 Å². The third kappa shape index (κ3) is 3.06. The van der Waals surface area contributed by atoms with Crippen molar-refractivity contribution >= 4 is 23.5 Å². The Kier molecular flexibility index (Phi) is 3.75. The van der Waals surface area contributed by atoms with Gasteiger partial charge in [0.15, 0.2) is 11.6 Å². The molecule has 0 aromatic carbocycles. The maximum absolute atomic E-state index is 12.9. The Balaban J connectivity index is 2.59. The van der Waals surface area contributed by atoms with Crippen molar-refractivity contribution in [1.29, 1.82) is 0 Å². The van der Waals surface area contributed by atoms with Crippen molar-refractivity contribution < 1.29 is 4.39 Å². The van der Waals surface area contributed by atoms with Crippen LogP contribution in [0.25, 0.3) is 0 Å². The van der Waals surface area contributed by atoms with Crippen LogP contribution in [0.5, 0.6) is 0 Å². The number of hydrogen-bond donors (Lipinski definition) is 2. The number of halogens is 1. The highest BCUT2D eigenvalue weighted by molar-refractivity contribution is 7.98. The van der Waals surface area contributed by atoms with Crippen molar-refractivity contribution in [1.82, 2.24) is 9.97 Å². The fraction of sp³-hybridized carbons (Fsp3) is 0.429. The minimum atomic E-state index is -0.477. The van der Waals surface area contributed by atoms with Gasteiger partial charge in [-0.15, -0.1) is 0 Å². The summed E-state index contributed by atoms with van der Waals surface area (Å²) in [6.07, 6.45) is 3.04. The lowest BCUT2D eigenvalue weighted by Gasteiger charge is -2.04. The molecule has 3 N–H and O–H groups in total. The standard InChI is InChI=1S/C7H11FN4S/c1-13-3-2-10-6-5(8)4-11-7(9)12-6/h4H,2-3H2,1H3,(H3,9,10,11,12). The topological polar surface area (TPSA) is 63.8 Å². The summed E-state index contributed by atoms with van der Waals surface area (Å²) in [7, 11) is 0. The lowest BCUT2D eigenvalue weighted by atomic mass is 10.5. The van der Waals surface area contributed by atoms with Gasteiger partial charge in [0, 0.05) is 12.3 Å². The highest BCUT2D eigenvalue weighted by Crippen LogP contribution is 2.09. The van der Waals surface area contributed by atoms with E-state index in [0.717, 1.165) is 11.9 Å². The van der Waals surface area contributed by atoms with Gasteiger partial charge in [-0.1, -0.05) is 0 Å². The van der Waals surface area contributed by atoms with Gasteiger partial charge in [-0.25, -0.2) is 9.37 Å². The van der Waals surface area contributed by atoms with Crippen LogP contribution >= 0.6 is 11.8 Å². The molecule has 0 amide bonds. The quantitative estimate of drug-likeness (QED) is 0.712. The van der Waals surface area contributed by atoms with E-state index in [4.69, 9.17) is 5.73 Å². The zero-order valence-corrected chi connectivity index (χ0v) is 8.07. The first-order valence-corrected chi connectivity index (χ1v) is 5.14. The molecule has 72 valence electrons. The number of anilines is 2. The van der Waals surface area contributed by atoms with E-state index in [2.05, 4.69) is 15.3 Å². The van der Waals surface area contributed by atoms with Crippen LogP contribution in [-0.4, -0.2) is 28.5 Å². The summed E-state index contributed by atoms with van der Waals surface area (Å²) in [5, 5.41) is 2.83. The molecule has 1 aromatic rings. The van der Waals surface area contributed by atoms with Crippen LogP contribution in [0.1, 0.15) is 0 Å². The molecule has 1 aromatic heterocycles. The molecule has 0 atom stereocenters. The summed E-state index contributed by atoms with van der Waals surface area (Å²) >= 11 is 1.67. The smallest absolute Gasteiger partial charge is 0.222 e. The zero-order chi connectivity index (χ0) is 9.68. The van der Waals surface area contributed by atoms with Crippen LogP contribution in [0.3, 0.4) is 0 Å². The summed E-state index contributed by atoms with van der Waals surface area (Å²) in [6, 6.07) is 0. The van der Waals surface area contributed by atoms with Gasteiger partial charge in [0.05, 0.1) is 6.20 Å². The molecule has 0 aliphatic carbocycles. The van der Waals surface area contributed by atoms with Crippen molar-refractivity contribution in [2.24, 2.45) is 0 Å². The molecule has 0 radical (unpaired) electrons. The van der Waals surface area contributed by atoms with E-state index in [9.17, 15) is 4.39 Å². The molecule has 0 aliphatic heterocycles. The van der Waals surface area contributed by atoms with Crippen LogP contribution in [-0.2, 0) is 0 Å². The Morgan fingerprint density at radius 1 is 1.69 bits per heavy atom. The fourth-order valence-electron chi connectivity index (χ4n) is 0.776. The predicted octanol–water partition coefficient (Wildman–Crippen LogP) is 0.973. The van der Waals surface area contributed by atoms with Gasteiger partial charge < -0.3 is 11.1 Å². The minimum absolute atomic E-state index is 0.0769. The maximum atomic E-state index is 12.9. The molecule has 6 heteroatoms. The molecule has 13 heavy (non-hydrogen) atoms. The van der Waals surface area contributed by atoms with Crippen LogP contribution in [0.15, 0.2) is 6.20 Å². The molecule has 0 bridgehead atoms. The molecule has 0 unspecified atom stereocenters. The molecule has 0 aliphatic rings. The minimum Gasteiger partial charge on any atom is -0.368 e. The number of aromatic nitrogens is 2. The second kappa shape index (κ2) is 4.86. The van der Waals surface area contributed by atoms with Crippen molar-refractivity contribution in [2.45, 2.75) is 0 Å². The lowest BCUT2D eigenvalue weighted by molar-refractivity contribution is 0.618. The fourth-order valence-corrected chi connectivity index (χ4v) is 1.08. The van der Waals surface area contributed by atoms with E-state index < -0.39 is 5.82 Å². The molecule has 0 saturated heterocycles. The van der Waals surface area contributed by atoms with Crippen LogP contribution in [0, 0.1) is 5.82 Å². The summed E-state index contributed by atoms with van der Waals surface area (Å²) in [5.41, 5.74) is 5.30. The largest absolute Gasteiger partial charge is 0.368 e. The number of thioether (sulfide) groups is 1. The normalized spacial score (nSPS) is 10.0. The Bertz CT molecular complexity index is 281. The third-order valence-corrected chi connectivity index (χ3v) is 1.97. The highest BCUT2D eigenvalue weighted by Gasteiger charge is 2.03. The Morgan fingerprint density at radius 2 is 2.46 bits per heavy atom. The van der Waals surface area contributed by atoms with Crippen LogP contribution < -0.4 is 11.1 Å². The van der Waals surface area contributed by atoms with E-state index >= 15 is 0 Å². The summed E-state index contributed by atoms with van der Waals surface area (Å²) < 4.78 is 12.9. The molecule has 4 nitrogen and oxygen atoms in total. The molecular weight excluding hydrogens is 191 g/mol. The monoisotopic (exact) mass is 202 g/mol. The lowest BCUT2D eigenvalue weighted by Crippen LogP contribution is -2.09. The number of nitrogens with zero attached hydrogens (tertiary/aromatic N) is 2. The number of nitrogens with two attached hydrogens (primary N) is 1. The van der Waals surface area contributed by atoms with E-state index in [1.807, 2.05) is 6.26 Å². The van der Waals surface area contributed by atoms with Crippen LogP contribution in [0.4, 0.5) is 16.2 Å². The van der Waals surface area contributed by atoms with Crippen LogP contribution in [0.2, 0.25) is 0 Å². The van der Waals surface area contributed by atoms with E-state index in [-0.39, 0.29) is 11.8 Å². The highest BCUT2D eigenvalue weighted by atomic mass is 32.2. The van der Waals surface area contributed by atoms with E-state index in [0.29, 0.717) is 6.54 Å². The Morgan fingerprint density at radius 3 is 3.15 bits per heavy atom. The first-order chi connectivity index (χ1) is 6.24. The summed E-state index contributed by atoms with van der Waals surface area (Å²) in [6.45, 7) is 0.661. The first-order valence-electron chi connectivity index (χ1n) is 3.75. The van der Waals surface area contributed by atoms with E-state index in [1.165, 1.54) is 0 Å². The molecule has 1 heterocycles. The van der Waals surface area contributed by atoms with Gasteiger partial charge in [-0.05, 0) is 6.26 Å². The number of nitrogens with one attached hydrogen (secondary N) is 1. The molecule has 0 fully saturated rings. The SMILES string of the molecule is CSCCNc1nc(N)ncc1F. The molecule has 1 rings (SSSR count). The van der Waals surface area contributed by atoms with Gasteiger partial charge in [-0.3, -0.25) is 0 Å². The van der Waals surface area contributed by atoms with Crippen molar-refractivity contribution in [2.75, 3.05) is 29.6 Å². The average Bonchev–Trinajstić information content (AvgIpc) is 2.11. The second-order valence-corrected chi connectivity index (χ2v) is 3.33. The Hall–Kier alpha value is -1.04. The van der Waals surface area contributed by atoms with Crippen molar-refractivity contribution in [3.05, 3.63) is 12.0 Å². The van der Waals surface area contributed by atoms with Gasteiger partial charge in [-0.2, -0.15) is 16.7 Å². The third-order valence-electron chi connectivity index (χ3n) is 1.36. The number of rotatable bonds is 4. The molecule has 0 saturated carbocycles. The average molecular weight is 202 g/mol. The zero-order valence-electron chi connectivity index (χ0n) is 7.25. The summed E-state index contributed by atoms with van der Waals surface area (Å²) in [5.74, 6) is 0.661. The van der Waals surface area contributed by atoms with Gasteiger partial charge in [0.1, 0.15) is 0 Å².